The Morgan fingerprint density at radius 1 is 0.881 bits per heavy atom. The van der Waals surface area contributed by atoms with Gasteiger partial charge in [-0.25, -0.2) is 14.2 Å². The fraction of sp³-hybridized carbons (Fsp3) is 0.400. The zero-order valence-corrected chi connectivity index (χ0v) is 34.0. The summed E-state index contributed by atoms with van der Waals surface area (Å²) in [6.07, 6.45) is 4.74. The molecular weight excluding hydrogens is 768 g/mol. The Labute approximate surface area is 344 Å². The van der Waals surface area contributed by atoms with Crippen LogP contribution in [0.15, 0.2) is 65.5 Å². The number of nitrogens with one attached hydrogen (secondary N) is 3. The van der Waals surface area contributed by atoms with Gasteiger partial charge in [0.05, 0.1) is 27.9 Å². The number of halogens is 1. The summed E-state index contributed by atoms with van der Waals surface area (Å²) >= 11 is 1.48. The van der Waals surface area contributed by atoms with Crippen molar-refractivity contribution < 1.29 is 18.8 Å². The Balaban J connectivity index is 0.755. The van der Waals surface area contributed by atoms with Gasteiger partial charge in [-0.1, -0.05) is 6.07 Å². The number of aromatic nitrogens is 3. The number of nitrogens with zero attached hydrogens (tertiary/aromatic N) is 5. The Morgan fingerprint density at radius 2 is 1.69 bits per heavy atom. The minimum Gasteiger partial charge on any atom is -0.381 e. The third kappa shape index (κ3) is 6.75. The molecule has 3 saturated heterocycles. The number of thiophene rings is 1. The lowest BCUT2D eigenvalue weighted by atomic mass is 9.88. The number of carbonyl (C=O) groups is 3. The fourth-order valence-corrected chi connectivity index (χ4v) is 10.9. The number of imide groups is 1. The van der Waals surface area contributed by atoms with Gasteiger partial charge in [0.25, 0.3) is 5.91 Å². The van der Waals surface area contributed by atoms with Crippen LogP contribution >= 0.6 is 11.3 Å². The first-order valence-electron chi connectivity index (χ1n) is 20.8. The summed E-state index contributed by atoms with van der Waals surface area (Å²) in [6, 6.07) is 18.9. The normalized spacial score (nSPS) is 21.1. The molecule has 6 aromatic rings. The number of carbonyl (C=O) groups excluding carboxylic acids is 3. The first kappa shape index (κ1) is 37.7. The molecule has 59 heavy (non-hydrogen) atoms. The van der Waals surface area contributed by atoms with E-state index in [1.807, 2.05) is 49.4 Å². The maximum Gasteiger partial charge on any atom is 0.329 e. The number of rotatable bonds is 6. The molecule has 304 valence electrons. The zero-order valence-electron chi connectivity index (χ0n) is 33.2. The number of amides is 3. The number of aryl methyl sites for hydroxylation is 1. The molecule has 0 radical (unpaired) electrons. The molecule has 0 spiro atoms. The van der Waals surface area contributed by atoms with Crippen molar-refractivity contribution in [3.8, 4) is 11.3 Å². The number of fused-ring (bicyclic) bond motifs is 6. The molecule has 0 bridgehead atoms. The fourth-order valence-electron chi connectivity index (χ4n) is 9.84. The van der Waals surface area contributed by atoms with Gasteiger partial charge in [-0.2, -0.15) is 0 Å². The first-order valence-corrected chi connectivity index (χ1v) is 21.6. The number of likely N-dealkylation sites (tertiary alicyclic amines) is 1. The topological polar surface area (TPSA) is 134 Å². The van der Waals surface area contributed by atoms with Crippen molar-refractivity contribution in [1.82, 2.24) is 29.7 Å². The number of piperidine rings is 3. The number of benzene rings is 3. The molecule has 4 aliphatic rings. The molecule has 14 heteroatoms. The lowest BCUT2D eigenvalue weighted by Crippen LogP contribution is -2.44. The second kappa shape index (κ2) is 14.9. The largest absolute Gasteiger partial charge is 0.381 e. The van der Waals surface area contributed by atoms with E-state index in [0.29, 0.717) is 40.9 Å². The van der Waals surface area contributed by atoms with E-state index in [1.165, 1.54) is 16.9 Å². The maximum absolute atomic E-state index is 15.8. The highest BCUT2D eigenvalue weighted by Gasteiger charge is 2.32. The van der Waals surface area contributed by atoms with E-state index in [9.17, 15) is 19.2 Å². The molecule has 3 aromatic heterocycles. The van der Waals surface area contributed by atoms with Crippen LogP contribution in [-0.2, 0) is 16.6 Å². The van der Waals surface area contributed by atoms with Crippen molar-refractivity contribution in [1.29, 1.82) is 0 Å². The van der Waals surface area contributed by atoms with E-state index in [4.69, 9.17) is 4.98 Å². The number of hydrogen-bond donors (Lipinski definition) is 3. The van der Waals surface area contributed by atoms with Crippen LogP contribution in [0.5, 0.6) is 0 Å². The van der Waals surface area contributed by atoms with Gasteiger partial charge >= 0.3 is 5.69 Å². The highest BCUT2D eigenvalue weighted by Crippen LogP contribution is 2.42. The molecular formula is C45H47FN8O4S. The number of hydrogen-bond acceptors (Lipinski definition) is 9. The molecule has 0 saturated carbocycles. The highest BCUT2D eigenvalue weighted by atomic mass is 32.1. The molecule has 10 rings (SSSR count). The predicted molar refractivity (Wildman–Crippen MR) is 230 cm³/mol. The lowest BCUT2D eigenvalue weighted by Gasteiger charge is -2.38. The summed E-state index contributed by atoms with van der Waals surface area (Å²) < 4.78 is 20.0. The standard InChI is InChI=1S/C45H47FN8O4S/c1-25-23-47-41-40-31-6-7-33(49-34(31)8-11-38(40)59-42(41)44(57)48-25)30-5-4-29(22-32(30)46)53-19-13-26(14-20-53)24-52-17-15-27(16-18-52)28-3-9-35-37(21-28)51(2)45(58)54(35)36-10-12-39(55)50-43(36)56/h3-9,11,21-22,25-27,36,47H,10,12-20,23-24H2,1-2H3,(H,48,57)(H,50,55,56)/t25-,36?/m1/s1. The molecule has 3 N–H and O–H groups in total. The molecule has 3 aromatic carbocycles. The van der Waals surface area contributed by atoms with Crippen molar-refractivity contribution in [3.63, 3.8) is 0 Å². The van der Waals surface area contributed by atoms with Gasteiger partial charge in [0.1, 0.15) is 16.7 Å². The number of anilines is 2. The Hall–Kier alpha value is -5.60. The van der Waals surface area contributed by atoms with Crippen LogP contribution < -0.4 is 26.5 Å². The van der Waals surface area contributed by atoms with E-state index >= 15 is 4.39 Å². The van der Waals surface area contributed by atoms with E-state index in [0.717, 1.165) is 102 Å². The van der Waals surface area contributed by atoms with E-state index in [1.54, 1.807) is 22.2 Å². The maximum atomic E-state index is 15.8. The molecule has 12 nitrogen and oxygen atoms in total. The molecule has 0 aliphatic carbocycles. The van der Waals surface area contributed by atoms with Crippen LogP contribution in [0.4, 0.5) is 15.8 Å². The first-order chi connectivity index (χ1) is 28.6. The average molecular weight is 815 g/mol. The van der Waals surface area contributed by atoms with E-state index in [2.05, 4.69) is 37.9 Å². The second-order valence-corrected chi connectivity index (χ2v) is 17.9. The van der Waals surface area contributed by atoms with Gasteiger partial charge in [0, 0.05) is 72.4 Å². The van der Waals surface area contributed by atoms with Crippen molar-refractivity contribution in [2.45, 2.75) is 63.5 Å². The third-order valence-electron chi connectivity index (χ3n) is 13.1. The minimum absolute atomic E-state index is 0.0249. The van der Waals surface area contributed by atoms with Crippen molar-refractivity contribution in [3.05, 3.63) is 87.4 Å². The average Bonchev–Trinajstić information content (AvgIpc) is 3.69. The Kier molecular flexibility index (Phi) is 9.51. The Morgan fingerprint density at radius 3 is 2.47 bits per heavy atom. The summed E-state index contributed by atoms with van der Waals surface area (Å²) in [5, 5.41) is 10.8. The summed E-state index contributed by atoms with van der Waals surface area (Å²) in [5.74, 6) is -0.0823. The SMILES string of the molecule is C[C@@H]1CNc2c(sc3ccc4nc(-c5ccc(N6CCC(CN7CCC(c8ccc9c(c8)n(C)c(=O)n9C8CCC(=O)NC8=O)CC7)CC6)cc5F)ccc4c23)C(=O)N1. The minimum atomic E-state index is -0.684. The van der Waals surface area contributed by atoms with E-state index < -0.39 is 11.9 Å². The molecule has 3 amide bonds. The molecule has 3 fully saturated rings. The molecule has 4 aliphatic heterocycles. The smallest absolute Gasteiger partial charge is 0.329 e. The zero-order chi connectivity index (χ0) is 40.5. The lowest BCUT2D eigenvalue weighted by molar-refractivity contribution is -0.135. The molecule has 1 unspecified atom stereocenters. The summed E-state index contributed by atoms with van der Waals surface area (Å²) in [6.45, 7) is 7.49. The van der Waals surface area contributed by atoms with Crippen LogP contribution in [0.2, 0.25) is 0 Å². The summed E-state index contributed by atoms with van der Waals surface area (Å²) in [7, 11) is 1.75. The number of pyridine rings is 1. The predicted octanol–water partition coefficient (Wildman–Crippen LogP) is 6.53. The van der Waals surface area contributed by atoms with Crippen molar-refractivity contribution in [2.75, 3.05) is 49.5 Å². The molecule has 2 atom stereocenters. The van der Waals surface area contributed by atoms with Crippen LogP contribution in [-0.4, -0.2) is 82.1 Å². The van der Waals surface area contributed by atoms with Crippen LogP contribution in [0, 0.1) is 11.7 Å². The van der Waals surface area contributed by atoms with E-state index in [-0.39, 0.29) is 35.8 Å². The highest BCUT2D eigenvalue weighted by molar-refractivity contribution is 7.21. The monoisotopic (exact) mass is 814 g/mol. The second-order valence-electron chi connectivity index (χ2n) is 16.9. The van der Waals surface area contributed by atoms with Crippen molar-refractivity contribution >= 4 is 72.5 Å². The van der Waals surface area contributed by atoms with Gasteiger partial charge in [0.2, 0.25) is 11.8 Å². The Bertz CT molecular complexity index is 2740. The summed E-state index contributed by atoms with van der Waals surface area (Å²) in [4.78, 5) is 60.9. The molecule has 7 heterocycles. The van der Waals surface area contributed by atoms with Crippen molar-refractivity contribution in [2.24, 2.45) is 13.0 Å². The summed E-state index contributed by atoms with van der Waals surface area (Å²) in [5.41, 5.74) is 6.07. The van der Waals surface area contributed by atoms with Gasteiger partial charge in [-0.05, 0) is 124 Å². The van der Waals surface area contributed by atoms with Crippen LogP contribution in [0.3, 0.4) is 0 Å². The van der Waals surface area contributed by atoms with Gasteiger partial charge < -0.3 is 20.4 Å². The number of imidazole rings is 1. The van der Waals surface area contributed by atoms with Crippen LogP contribution in [0.1, 0.15) is 72.6 Å². The quantitative estimate of drug-likeness (QED) is 0.162. The van der Waals surface area contributed by atoms with Crippen LogP contribution in [0.25, 0.3) is 43.3 Å². The van der Waals surface area contributed by atoms with Gasteiger partial charge in [-0.15, -0.1) is 11.3 Å². The third-order valence-corrected chi connectivity index (χ3v) is 14.3. The van der Waals surface area contributed by atoms with Gasteiger partial charge in [-0.3, -0.25) is 28.8 Å². The van der Waals surface area contributed by atoms with Gasteiger partial charge in [0.15, 0.2) is 0 Å².